The van der Waals surface area contributed by atoms with Crippen molar-refractivity contribution in [3.8, 4) is 0 Å². The Morgan fingerprint density at radius 1 is 1.21 bits per heavy atom. The summed E-state index contributed by atoms with van der Waals surface area (Å²) in [6.45, 7) is 1.44. The smallest absolute Gasteiger partial charge is 0.381 e. The summed E-state index contributed by atoms with van der Waals surface area (Å²) >= 11 is 0. The molecule has 0 N–H and O–H groups in total. The summed E-state index contributed by atoms with van der Waals surface area (Å²) < 4.78 is 30.4. The molecule has 0 radical (unpaired) electrons. The molecule has 0 spiro atoms. The number of hydrogen-bond donors (Lipinski definition) is 0. The first-order valence-electron chi connectivity index (χ1n) is 6.68. The molecule has 0 saturated carbocycles. The quantitative estimate of drug-likeness (QED) is 0.253. The van der Waals surface area contributed by atoms with Crippen molar-refractivity contribution in [3.05, 3.63) is 58.4 Å². The van der Waals surface area contributed by atoms with Crippen LogP contribution in [-0.2, 0) is 19.6 Å². The predicted octanol–water partition coefficient (Wildman–Crippen LogP) is 1.38. The highest BCUT2D eigenvalue weighted by Crippen LogP contribution is 2.26. The van der Waals surface area contributed by atoms with Crippen LogP contribution < -0.4 is 0 Å². The highest BCUT2D eigenvalue weighted by Gasteiger charge is 2.31. The van der Waals surface area contributed by atoms with Crippen molar-refractivity contribution in [1.82, 2.24) is 3.97 Å². The van der Waals surface area contributed by atoms with Crippen LogP contribution in [-0.4, -0.2) is 35.7 Å². The minimum atomic E-state index is -4.45. The first-order chi connectivity index (χ1) is 11.3. The summed E-state index contributed by atoms with van der Waals surface area (Å²) in [5, 5.41) is 11.0. The van der Waals surface area contributed by atoms with E-state index in [9.17, 15) is 28.1 Å². The number of ketones is 1. The van der Waals surface area contributed by atoms with Crippen molar-refractivity contribution in [1.29, 1.82) is 0 Å². The summed E-state index contributed by atoms with van der Waals surface area (Å²) in [6, 6.07) is 7.06. The number of para-hydroxylation sites is 1. The number of benzene rings is 1. The monoisotopic (exact) mass is 352 g/mol. The summed E-state index contributed by atoms with van der Waals surface area (Å²) in [6.07, 6.45) is 1.03. The van der Waals surface area contributed by atoms with Crippen molar-refractivity contribution in [2.24, 2.45) is 0 Å². The number of hydrogen-bond acceptors (Lipinski definition) is 7. The summed E-state index contributed by atoms with van der Waals surface area (Å²) in [4.78, 5) is 33.2. The Kier molecular flexibility index (Phi) is 4.79. The number of carbonyl (C=O) groups excluding carboxylic acids is 2. The first kappa shape index (κ1) is 17.3. The van der Waals surface area contributed by atoms with Gasteiger partial charge in [-0.25, -0.2) is 17.2 Å². The van der Waals surface area contributed by atoms with Crippen molar-refractivity contribution in [2.45, 2.75) is 11.8 Å². The lowest BCUT2D eigenvalue weighted by Gasteiger charge is -2.09. The number of esters is 1. The first-order valence-corrected chi connectivity index (χ1v) is 8.12. The van der Waals surface area contributed by atoms with E-state index in [2.05, 4.69) is 4.74 Å². The average Bonchev–Trinajstić information content (AvgIpc) is 3.04. The second-order valence-electron chi connectivity index (χ2n) is 4.47. The fourth-order valence-electron chi connectivity index (χ4n) is 1.98. The number of aromatic nitrogens is 1. The molecule has 0 aliphatic rings. The molecule has 10 heteroatoms. The normalized spacial score (nSPS) is 11.0. The number of carbonyl (C=O) groups is 2. The fraction of sp³-hybridized carbons (Fsp3) is 0.143. The number of Topliss-reactive ketones (excluding diaryl/α,β-unsaturated/α-hetero) is 1. The minimum Gasteiger partial charge on any atom is -0.460 e. The zero-order chi connectivity index (χ0) is 17.9. The molecule has 0 bridgehead atoms. The van der Waals surface area contributed by atoms with Gasteiger partial charge in [0.2, 0.25) is 0 Å². The van der Waals surface area contributed by atoms with E-state index in [0.717, 1.165) is 24.4 Å². The molecule has 2 aromatic rings. The molecule has 9 nitrogen and oxygen atoms in total. The third-order valence-corrected chi connectivity index (χ3v) is 4.74. The van der Waals surface area contributed by atoms with Crippen LogP contribution in [0.1, 0.15) is 17.4 Å². The van der Waals surface area contributed by atoms with E-state index in [-0.39, 0.29) is 6.61 Å². The van der Waals surface area contributed by atoms with Gasteiger partial charge in [-0.2, -0.15) is 0 Å². The van der Waals surface area contributed by atoms with Gasteiger partial charge >= 0.3 is 5.97 Å². The van der Waals surface area contributed by atoms with Gasteiger partial charge in [-0.1, -0.05) is 12.1 Å². The lowest BCUT2D eigenvalue weighted by molar-refractivity contribution is -0.387. The van der Waals surface area contributed by atoms with Crippen LogP contribution in [0.15, 0.2) is 47.5 Å². The van der Waals surface area contributed by atoms with E-state index < -0.39 is 43.0 Å². The van der Waals surface area contributed by atoms with E-state index in [1.807, 2.05) is 0 Å². The van der Waals surface area contributed by atoms with Gasteiger partial charge in [0.25, 0.3) is 21.5 Å². The van der Waals surface area contributed by atoms with Gasteiger partial charge in [-0.05, 0) is 25.1 Å². The molecule has 24 heavy (non-hydrogen) atoms. The van der Waals surface area contributed by atoms with Crippen molar-refractivity contribution in [3.63, 3.8) is 0 Å². The van der Waals surface area contributed by atoms with Crippen LogP contribution in [0, 0.1) is 10.1 Å². The average molecular weight is 352 g/mol. The van der Waals surface area contributed by atoms with Gasteiger partial charge in [0.1, 0.15) is 5.69 Å². The fourth-order valence-corrected chi connectivity index (χ4v) is 3.49. The third kappa shape index (κ3) is 3.04. The maximum atomic E-state index is 12.7. The maximum Gasteiger partial charge on any atom is 0.381 e. The van der Waals surface area contributed by atoms with Gasteiger partial charge < -0.3 is 4.74 Å². The largest absolute Gasteiger partial charge is 0.460 e. The molecular weight excluding hydrogens is 340 g/mol. The van der Waals surface area contributed by atoms with Gasteiger partial charge in [-0.15, -0.1) is 0 Å². The molecule has 0 aliphatic carbocycles. The summed E-state index contributed by atoms with van der Waals surface area (Å²) in [5.41, 5.74) is -1.10. The third-order valence-electron chi connectivity index (χ3n) is 3.01. The molecule has 2 rings (SSSR count). The van der Waals surface area contributed by atoms with Gasteiger partial charge in [0.05, 0.1) is 11.5 Å². The maximum absolute atomic E-state index is 12.7. The van der Waals surface area contributed by atoms with Crippen LogP contribution in [0.5, 0.6) is 0 Å². The minimum absolute atomic E-state index is 0.0534. The molecular formula is C14H12N2O7S. The van der Waals surface area contributed by atoms with Gasteiger partial charge in [0.15, 0.2) is 4.90 Å². The Hall–Kier alpha value is -3.01. The predicted molar refractivity (Wildman–Crippen MR) is 81.1 cm³/mol. The number of rotatable bonds is 6. The zero-order valence-corrected chi connectivity index (χ0v) is 13.2. The molecule has 1 aromatic heterocycles. The highest BCUT2D eigenvalue weighted by atomic mass is 32.2. The van der Waals surface area contributed by atoms with E-state index >= 15 is 0 Å². The van der Waals surface area contributed by atoms with Gasteiger partial charge in [0, 0.05) is 12.3 Å². The Morgan fingerprint density at radius 3 is 2.50 bits per heavy atom. The summed E-state index contributed by atoms with van der Waals surface area (Å²) in [5.74, 6) is -2.38. The molecule has 0 aliphatic heterocycles. The van der Waals surface area contributed by atoms with E-state index in [4.69, 9.17) is 0 Å². The highest BCUT2D eigenvalue weighted by molar-refractivity contribution is 7.90. The number of ether oxygens (including phenoxy) is 1. The van der Waals surface area contributed by atoms with Crippen LogP contribution in [0.4, 0.5) is 5.69 Å². The zero-order valence-electron chi connectivity index (χ0n) is 12.4. The second kappa shape index (κ2) is 6.62. The molecule has 126 valence electrons. The molecule has 1 aromatic carbocycles. The summed E-state index contributed by atoms with van der Waals surface area (Å²) in [7, 11) is -4.45. The number of nitro benzene ring substituents is 1. The topological polar surface area (TPSA) is 126 Å². The number of nitro groups is 1. The van der Waals surface area contributed by atoms with Gasteiger partial charge in [-0.3, -0.25) is 14.9 Å². The van der Waals surface area contributed by atoms with Crippen molar-refractivity contribution in [2.75, 3.05) is 6.61 Å². The van der Waals surface area contributed by atoms with Crippen molar-refractivity contribution >= 4 is 27.5 Å². The molecule has 0 saturated heterocycles. The van der Waals surface area contributed by atoms with Crippen molar-refractivity contribution < 1.29 is 27.7 Å². The van der Waals surface area contributed by atoms with Crippen LogP contribution in [0.25, 0.3) is 0 Å². The Bertz CT molecular complexity index is 915. The Morgan fingerprint density at radius 2 is 1.88 bits per heavy atom. The van der Waals surface area contributed by atoms with Crippen LogP contribution >= 0.6 is 0 Å². The molecule has 0 amide bonds. The van der Waals surface area contributed by atoms with Crippen LogP contribution in [0.3, 0.4) is 0 Å². The SMILES string of the molecule is CCOC(=O)C(=O)c1cccn1S(=O)(=O)c1ccccc1[N+](=O)[O-]. The van der Waals surface area contributed by atoms with E-state index in [0.29, 0.717) is 3.97 Å². The van der Waals surface area contributed by atoms with E-state index in [1.165, 1.54) is 25.1 Å². The standard InChI is InChI=1S/C14H12N2O7S/c1-2-23-14(18)13(17)11-7-5-9-15(11)24(21,22)12-8-4-3-6-10(12)16(19)20/h3-9H,2H2,1H3. The lowest BCUT2D eigenvalue weighted by atomic mass is 10.3. The number of nitrogens with zero attached hydrogens (tertiary/aromatic N) is 2. The molecule has 1 heterocycles. The molecule has 0 atom stereocenters. The second-order valence-corrected chi connectivity index (χ2v) is 6.25. The Labute approximate surface area is 136 Å². The Balaban J connectivity index is 2.58. The molecule has 0 unspecified atom stereocenters. The molecule has 0 fully saturated rings. The van der Waals surface area contributed by atoms with E-state index in [1.54, 1.807) is 0 Å². The van der Waals surface area contributed by atoms with Crippen LogP contribution in [0.2, 0.25) is 0 Å². The lowest BCUT2D eigenvalue weighted by Crippen LogP contribution is -2.24.